The van der Waals surface area contributed by atoms with E-state index in [9.17, 15) is 0 Å². The van der Waals surface area contributed by atoms with E-state index < -0.39 is 0 Å². The van der Waals surface area contributed by atoms with Gasteiger partial charge in [-0.1, -0.05) is 12.1 Å². The van der Waals surface area contributed by atoms with Crippen molar-refractivity contribution in [1.29, 1.82) is 0 Å². The monoisotopic (exact) mass is 221 g/mol. The van der Waals surface area contributed by atoms with Crippen LogP contribution in [0.15, 0.2) is 18.2 Å². The van der Waals surface area contributed by atoms with Crippen LogP contribution in [0.5, 0.6) is 5.75 Å². The van der Waals surface area contributed by atoms with Crippen LogP contribution in [0.2, 0.25) is 0 Å². The first-order chi connectivity index (χ1) is 7.70. The minimum Gasteiger partial charge on any atom is -0.493 e. The van der Waals surface area contributed by atoms with E-state index in [1.165, 1.54) is 11.1 Å². The quantitative estimate of drug-likeness (QED) is 0.580. The van der Waals surface area contributed by atoms with Crippen molar-refractivity contribution in [3.8, 4) is 5.75 Å². The number of likely N-dealkylation sites (N-methyl/N-ethyl adjacent to an activating group) is 1. The molecule has 1 aromatic rings. The summed E-state index contributed by atoms with van der Waals surface area (Å²) in [7, 11) is 4.08. The summed E-state index contributed by atoms with van der Waals surface area (Å²) in [5.41, 5.74) is 5.37. The lowest BCUT2D eigenvalue weighted by Gasteiger charge is -2.21. The Morgan fingerprint density at radius 2 is 2.31 bits per heavy atom. The van der Waals surface area contributed by atoms with Crippen LogP contribution in [0.3, 0.4) is 0 Å². The van der Waals surface area contributed by atoms with Gasteiger partial charge in [0.25, 0.3) is 0 Å². The van der Waals surface area contributed by atoms with Gasteiger partial charge in [0, 0.05) is 13.0 Å². The van der Waals surface area contributed by atoms with E-state index in [0.717, 1.165) is 25.3 Å². The van der Waals surface area contributed by atoms with E-state index in [4.69, 9.17) is 10.6 Å². The first-order valence-corrected chi connectivity index (χ1v) is 5.57. The Hall–Kier alpha value is -1.10. The highest BCUT2D eigenvalue weighted by atomic mass is 16.5. The normalized spacial score (nSPS) is 16.0. The number of nitrogens with two attached hydrogens (primary N) is 1. The number of benzene rings is 1. The van der Waals surface area contributed by atoms with Crippen LogP contribution < -0.4 is 16.0 Å². The molecular weight excluding hydrogens is 202 g/mol. The fourth-order valence-corrected chi connectivity index (χ4v) is 2.04. The number of fused-ring (bicyclic) bond motifs is 1. The smallest absolute Gasteiger partial charge is 0.122 e. The molecule has 1 aromatic carbocycles. The molecule has 3 N–H and O–H groups in total. The van der Waals surface area contributed by atoms with Crippen molar-refractivity contribution < 1.29 is 4.74 Å². The molecule has 4 heteroatoms. The zero-order chi connectivity index (χ0) is 11.5. The topological polar surface area (TPSA) is 50.5 Å². The Morgan fingerprint density at radius 3 is 3.00 bits per heavy atom. The molecule has 1 aliphatic heterocycles. The van der Waals surface area contributed by atoms with Crippen molar-refractivity contribution in [2.75, 3.05) is 27.2 Å². The van der Waals surface area contributed by atoms with Gasteiger partial charge in [0.05, 0.1) is 12.6 Å². The molecule has 4 nitrogen and oxygen atoms in total. The highest BCUT2D eigenvalue weighted by Gasteiger charge is 2.16. The molecule has 1 unspecified atom stereocenters. The second kappa shape index (κ2) is 4.82. The first-order valence-electron chi connectivity index (χ1n) is 5.57. The highest BCUT2D eigenvalue weighted by molar-refractivity contribution is 5.40. The summed E-state index contributed by atoms with van der Waals surface area (Å²) in [5.74, 6) is 6.61. The van der Waals surface area contributed by atoms with E-state index >= 15 is 0 Å². The van der Waals surface area contributed by atoms with Gasteiger partial charge in [0.1, 0.15) is 5.75 Å². The fourth-order valence-electron chi connectivity index (χ4n) is 2.04. The number of hydrogen-bond donors (Lipinski definition) is 2. The minimum atomic E-state index is 0.167. The Bertz CT molecular complexity index is 365. The average molecular weight is 221 g/mol. The van der Waals surface area contributed by atoms with Crippen LogP contribution >= 0.6 is 0 Å². The summed E-state index contributed by atoms with van der Waals surface area (Å²) in [6.45, 7) is 1.68. The van der Waals surface area contributed by atoms with Crippen LogP contribution in [-0.4, -0.2) is 32.1 Å². The molecule has 0 bridgehead atoms. The van der Waals surface area contributed by atoms with E-state index in [1.54, 1.807) is 0 Å². The van der Waals surface area contributed by atoms with E-state index in [1.807, 2.05) is 20.2 Å². The molecule has 0 radical (unpaired) electrons. The van der Waals surface area contributed by atoms with E-state index in [0.29, 0.717) is 0 Å². The molecule has 0 saturated carbocycles. The van der Waals surface area contributed by atoms with Crippen LogP contribution in [-0.2, 0) is 6.42 Å². The van der Waals surface area contributed by atoms with Gasteiger partial charge in [-0.3, -0.25) is 11.3 Å². The van der Waals surface area contributed by atoms with Crippen LogP contribution in [0, 0.1) is 0 Å². The maximum Gasteiger partial charge on any atom is 0.122 e. The van der Waals surface area contributed by atoms with Crippen molar-refractivity contribution in [3.63, 3.8) is 0 Å². The van der Waals surface area contributed by atoms with Crippen molar-refractivity contribution in [3.05, 3.63) is 29.3 Å². The molecule has 1 heterocycles. The largest absolute Gasteiger partial charge is 0.493 e. The molecule has 88 valence electrons. The summed E-state index contributed by atoms with van der Waals surface area (Å²) in [5, 5.41) is 0. The van der Waals surface area contributed by atoms with Gasteiger partial charge in [0.2, 0.25) is 0 Å². The zero-order valence-electron chi connectivity index (χ0n) is 9.86. The van der Waals surface area contributed by atoms with Gasteiger partial charge >= 0.3 is 0 Å². The Labute approximate surface area is 96.3 Å². The zero-order valence-corrected chi connectivity index (χ0v) is 9.86. The molecule has 2 rings (SSSR count). The van der Waals surface area contributed by atoms with Gasteiger partial charge in [-0.2, -0.15) is 0 Å². The highest BCUT2D eigenvalue weighted by Crippen LogP contribution is 2.28. The fraction of sp³-hybridized carbons (Fsp3) is 0.500. The number of rotatable bonds is 4. The van der Waals surface area contributed by atoms with Gasteiger partial charge < -0.3 is 9.64 Å². The van der Waals surface area contributed by atoms with Gasteiger partial charge in [-0.15, -0.1) is 0 Å². The Kier molecular flexibility index (Phi) is 3.43. The average Bonchev–Trinajstić information content (AvgIpc) is 2.72. The molecule has 0 saturated heterocycles. The summed E-state index contributed by atoms with van der Waals surface area (Å²) in [6, 6.07) is 6.48. The summed E-state index contributed by atoms with van der Waals surface area (Å²) in [6.07, 6.45) is 1.00. The van der Waals surface area contributed by atoms with Crippen molar-refractivity contribution in [1.82, 2.24) is 10.3 Å². The number of hydrogen-bond acceptors (Lipinski definition) is 4. The maximum atomic E-state index is 5.59. The molecule has 0 amide bonds. The lowest BCUT2D eigenvalue weighted by molar-refractivity contribution is 0.344. The maximum absolute atomic E-state index is 5.59. The van der Waals surface area contributed by atoms with Gasteiger partial charge in [-0.25, -0.2) is 0 Å². The third-order valence-electron chi connectivity index (χ3n) is 2.86. The molecule has 0 fully saturated rings. The lowest BCUT2D eigenvalue weighted by Crippen LogP contribution is -2.35. The molecule has 16 heavy (non-hydrogen) atoms. The minimum absolute atomic E-state index is 0.167. The van der Waals surface area contributed by atoms with Crippen LogP contribution in [0.1, 0.15) is 17.2 Å². The number of ether oxygens (including phenoxy) is 1. The third-order valence-corrected chi connectivity index (χ3v) is 2.86. The molecule has 0 spiro atoms. The third kappa shape index (κ3) is 2.35. The molecule has 0 aromatic heterocycles. The van der Waals surface area contributed by atoms with Crippen molar-refractivity contribution in [2.24, 2.45) is 5.84 Å². The van der Waals surface area contributed by atoms with Crippen LogP contribution in [0.25, 0.3) is 0 Å². The van der Waals surface area contributed by atoms with Crippen molar-refractivity contribution in [2.45, 2.75) is 12.5 Å². The summed E-state index contributed by atoms with van der Waals surface area (Å²) < 4.78 is 5.49. The second-order valence-electron chi connectivity index (χ2n) is 4.45. The first kappa shape index (κ1) is 11.4. The standard InChI is InChI=1S/C12H19N3O/c1-15(2)8-11(14-13)9-3-4-12-10(7-9)5-6-16-12/h3-4,7,11,14H,5-6,8,13H2,1-2H3. The van der Waals surface area contributed by atoms with E-state index in [-0.39, 0.29) is 6.04 Å². The second-order valence-corrected chi connectivity index (χ2v) is 4.45. The molecule has 1 aliphatic rings. The SMILES string of the molecule is CN(C)CC(NN)c1ccc2c(c1)CCO2. The van der Waals surface area contributed by atoms with E-state index in [2.05, 4.69) is 22.5 Å². The molecular formula is C12H19N3O. The van der Waals surface area contributed by atoms with Crippen molar-refractivity contribution >= 4 is 0 Å². The Balaban J connectivity index is 2.18. The molecule has 0 aliphatic carbocycles. The van der Waals surface area contributed by atoms with Gasteiger partial charge in [0.15, 0.2) is 0 Å². The summed E-state index contributed by atoms with van der Waals surface area (Å²) in [4.78, 5) is 2.12. The molecule has 1 atom stereocenters. The summed E-state index contributed by atoms with van der Waals surface area (Å²) >= 11 is 0. The van der Waals surface area contributed by atoms with Gasteiger partial charge in [-0.05, 0) is 31.3 Å². The lowest BCUT2D eigenvalue weighted by atomic mass is 10.0. The predicted molar refractivity (Wildman–Crippen MR) is 64.3 cm³/mol. The number of hydrazine groups is 1. The number of nitrogens with one attached hydrogen (secondary N) is 1. The Morgan fingerprint density at radius 1 is 1.50 bits per heavy atom. The van der Waals surface area contributed by atoms with Crippen LogP contribution in [0.4, 0.5) is 0 Å². The predicted octanol–water partition coefficient (Wildman–Crippen LogP) is 0.688. The number of nitrogens with zero attached hydrogens (tertiary/aromatic N) is 1.